The molecule has 5 nitrogen and oxygen atoms in total. The Labute approximate surface area is 105 Å². The number of halogens is 1. The highest BCUT2D eigenvalue weighted by molar-refractivity contribution is 9.10. The van der Waals surface area contributed by atoms with Crippen LogP contribution < -0.4 is 11.1 Å². The molecule has 0 aliphatic heterocycles. The standard InChI is InChI=1S/C10H18BrN5/c1-16(2)6-4-3-5-13-9-8(11)7-14-10(12)15-9/h7H,3-6H2,1-2H3,(H3,12,13,14,15). The third-order valence-corrected chi connectivity index (χ3v) is 2.67. The Bertz CT molecular complexity index is 329. The fourth-order valence-corrected chi connectivity index (χ4v) is 1.60. The summed E-state index contributed by atoms with van der Waals surface area (Å²) in [7, 11) is 4.16. The van der Waals surface area contributed by atoms with Crippen LogP contribution in [0.1, 0.15) is 12.8 Å². The monoisotopic (exact) mass is 287 g/mol. The average molecular weight is 288 g/mol. The van der Waals surface area contributed by atoms with E-state index in [0.29, 0.717) is 5.95 Å². The SMILES string of the molecule is CN(C)CCCCNc1nc(N)ncc1Br. The van der Waals surface area contributed by atoms with Crippen molar-refractivity contribution in [3.8, 4) is 0 Å². The van der Waals surface area contributed by atoms with Gasteiger partial charge in [-0.25, -0.2) is 4.98 Å². The van der Waals surface area contributed by atoms with E-state index >= 15 is 0 Å². The highest BCUT2D eigenvalue weighted by Gasteiger charge is 2.01. The van der Waals surface area contributed by atoms with Crippen LogP contribution in [0.15, 0.2) is 10.7 Å². The van der Waals surface area contributed by atoms with Crippen LogP contribution in [0.2, 0.25) is 0 Å². The van der Waals surface area contributed by atoms with Gasteiger partial charge >= 0.3 is 0 Å². The quantitative estimate of drug-likeness (QED) is 0.778. The van der Waals surface area contributed by atoms with Gasteiger partial charge in [0, 0.05) is 12.7 Å². The van der Waals surface area contributed by atoms with E-state index in [1.54, 1.807) is 6.20 Å². The first-order chi connectivity index (χ1) is 7.59. The summed E-state index contributed by atoms with van der Waals surface area (Å²) in [5.41, 5.74) is 5.51. The van der Waals surface area contributed by atoms with Crippen molar-refractivity contribution in [2.24, 2.45) is 0 Å². The maximum Gasteiger partial charge on any atom is 0.221 e. The normalized spacial score (nSPS) is 10.8. The molecule has 90 valence electrons. The van der Waals surface area contributed by atoms with E-state index in [2.05, 4.69) is 50.2 Å². The number of anilines is 2. The molecule has 1 aromatic heterocycles. The molecule has 0 spiro atoms. The lowest BCUT2D eigenvalue weighted by Crippen LogP contribution is -2.14. The second kappa shape index (κ2) is 6.65. The third kappa shape index (κ3) is 4.76. The van der Waals surface area contributed by atoms with Crippen molar-refractivity contribution in [2.45, 2.75) is 12.8 Å². The van der Waals surface area contributed by atoms with Gasteiger partial charge in [-0.2, -0.15) is 4.98 Å². The van der Waals surface area contributed by atoms with Gasteiger partial charge in [-0.3, -0.25) is 0 Å². The first kappa shape index (κ1) is 13.2. The summed E-state index contributed by atoms with van der Waals surface area (Å²) in [6.45, 7) is 2.00. The summed E-state index contributed by atoms with van der Waals surface area (Å²) in [6.07, 6.45) is 3.93. The number of hydrogen-bond donors (Lipinski definition) is 2. The van der Waals surface area contributed by atoms with E-state index in [1.807, 2.05) is 0 Å². The molecule has 0 aromatic carbocycles. The second-order valence-electron chi connectivity index (χ2n) is 3.86. The fourth-order valence-electron chi connectivity index (χ4n) is 1.26. The zero-order valence-corrected chi connectivity index (χ0v) is 11.3. The van der Waals surface area contributed by atoms with Crippen LogP contribution in [0.25, 0.3) is 0 Å². The molecule has 0 aliphatic carbocycles. The molecule has 0 fully saturated rings. The minimum atomic E-state index is 0.291. The Morgan fingerprint density at radius 1 is 1.44 bits per heavy atom. The molecule has 16 heavy (non-hydrogen) atoms. The Hall–Kier alpha value is -0.880. The zero-order valence-electron chi connectivity index (χ0n) is 9.70. The van der Waals surface area contributed by atoms with E-state index < -0.39 is 0 Å². The molecular weight excluding hydrogens is 270 g/mol. The van der Waals surface area contributed by atoms with Crippen LogP contribution >= 0.6 is 15.9 Å². The van der Waals surface area contributed by atoms with Crippen molar-refractivity contribution < 1.29 is 0 Å². The van der Waals surface area contributed by atoms with Crippen molar-refractivity contribution in [3.63, 3.8) is 0 Å². The molecule has 1 aromatic rings. The highest BCUT2D eigenvalue weighted by Crippen LogP contribution is 2.18. The van der Waals surface area contributed by atoms with Crippen molar-refractivity contribution in [3.05, 3.63) is 10.7 Å². The Kier molecular flexibility index (Phi) is 5.48. The van der Waals surface area contributed by atoms with Gasteiger partial charge in [0.1, 0.15) is 5.82 Å². The molecule has 1 heterocycles. The van der Waals surface area contributed by atoms with Gasteiger partial charge < -0.3 is 16.0 Å². The third-order valence-electron chi connectivity index (χ3n) is 2.09. The number of nitrogens with one attached hydrogen (secondary N) is 1. The number of hydrogen-bond acceptors (Lipinski definition) is 5. The van der Waals surface area contributed by atoms with Gasteiger partial charge in [-0.15, -0.1) is 0 Å². The molecule has 0 amide bonds. The number of aromatic nitrogens is 2. The maximum absolute atomic E-state index is 5.51. The summed E-state index contributed by atoms with van der Waals surface area (Å²) in [5, 5.41) is 3.23. The topological polar surface area (TPSA) is 67.1 Å². The fraction of sp³-hybridized carbons (Fsp3) is 0.600. The largest absolute Gasteiger partial charge is 0.369 e. The van der Waals surface area contributed by atoms with Crippen molar-refractivity contribution in [2.75, 3.05) is 38.2 Å². The molecule has 0 aliphatic rings. The van der Waals surface area contributed by atoms with Crippen LogP contribution in [-0.2, 0) is 0 Å². The molecule has 0 saturated heterocycles. The van der Waals surface area contributed by atoms with Crippen LogP contribution in [0, 0.1) is 0 Å². The van der Waals surface area contributed by atoms with Crippen molar-refractivity contribution in [1.82, 2.24) is 14.9 Å². The van der Waals surface area contributed by atoms with Crippen molar-refractivity contribution >= 4 is 27.7 Å². The lowest BCUT2D eigenvalue weighted by atomic mass is 10.3. The zero-order chi connectivity index (χ0) is 12.0. The van der Waals surface area contributed by atoms with Crippen molar-refractivity contribution in [1.29, 1.82) is 0 Å². The lowest BCUT2D eigenvalue weighted by Gasteiger charge is -2.10. The van der Waals surface area contributed by atoms with Gasteiger partial charge in [0.15, 0.2) is 0 Å². The van der Waals surface area contributed by atoms with E-state index in [4.69, 9.17) is 5.73 Å². The Morgan fingerprint density at radius 3 is 2.88 bits per heavy atom. The molecular formula is C10H18BrN5. The predicted molar refractivity (Wildman–Crippen MR) is 70.4 cm³/mol. The number of rotatable bonds is 6. The molecule has 0 unspecified atom stereocenters. The van der Waals surface area contributed by atoms with Crippen LogP contribution in [0.5, 0.6) is 0 Å². The second-order valence-corrected chi connectivity index (χ2v) is 4.72. The summed E-state index contributed by atoms with van der Waals surface area (Å²) in [5.74, 6) is 1.05. The molecule has 0 atom stereocenters. The summed E-state index contributed by atoms with van der Waals surface area (Å²) in [6, 6.07) is 0. The number of unbranched alkanes of at least 4 members (excludes halogenated alkanes) is 1. The number of nitrogen functional groups attached to an aromatic ring is 1. The predicted octanol–water partition coefficient (Wildman–Crippen LogP) is 1.57. The first-order valence-corrected chi connectivity index (χ1v) is 6.05. The van der Waals surface area contributed by atoms with Gasteiger partial charge in [0.25, 0.3) is 0 Å². The van der Waals surface area contributed by atoms with E-state index in [-0.39, 0.29) is 0 Å². The first-order valence-electron chi connectivity index (χ1n) is 5.26. The summed E-state index contributed by atoms with van der Waals surface area (Å²) >= 11 is 3.37. The minimum absolute atomic E-state index is 0.291. The van der Waals surface area contributed by atoms with E-state index in [1.165, 1.54) is 0 Å². The average Bonchev–Trinajstić information content (AvgIpc) is 2.22. The van der Waals surface area contributed by atoms with E-state index in [9.17, 15) is 0 Å². The van der Waals surface area contributed by atoms with Gasteiger partial charge in [-0.05, 0) is 49.4 Å². The summed E-state index contributed by atoms with van der Waals surface area (Å²) in [4.78, 5) is 10.2. The summed E-state index contributed by atoms with van der Waals surface area (Å²) < 4.78 is 0.842. The molecule has 1 rings (SSSR count). The van der Waals surface area contributed by atoms with Crippen LogP contribution in [0.3, 0.4) is 0 Å². The van der Waals surface area contributed by atoms with E-state index in [0.717, 1.165) is 36.2 Å². The Morgan fingerprint density at radius 2 is 2.19 bits per heavy atom. The number of nitrogens with zero attached hydrogens (tertiary/aromatic N) is 3. The molecule has 3 N–H and O–H groups in total. The minimum Gasteiger partial charge on any atom is -0.369 e. The molecule has 6 heteroatoms. The molecule has 0 bridgehead atoms. The maximum atomic E-state index is 5.51. The van der Waals surface area contributed by atoms with Gasteiger partial charge in [0.05, 0.1) is 4.47 Å². The van der Waals surface area contributed by atoms with Gasteiger partial charge in [0.2, 0.25) is 5.95 Å². The Balaban J connectivity index is 2.29. The molecule has 0 radical (unpaired) electrons. The van der Waals surface area contributed by atoms with Gasteiger partial charge in [-0.1, -0.05) is 0 Å². The smallest absolute Gasteiger partial charge is 0.221 e. The number of nitrogens with two attached hydrogens (primary N) is 1. The lowest BCUT2D eigenvalue weighted by molar-refractivity contribution is 0.396. The van der Waals surface area contributed by atoms with Crippen LogP contribution in [0.4, 0.5) is 11.8 Å². The molecule has 0 saturated carbocycles. The van der Waals surface area contributed by atoms with Crippen LogP contribution in [-0.4, -0.2) is 42.1 Å². The highest BCUT2D eigenvalue weighted by atomic mass is 79.9.